The van der Waals surface area contributed by atoms with E-state index in [1.807, 2.05) is 24.3 Å². The van der Waals surface area contributed by atoms with Crippen molar-refractivity contribution in [3.8, 4) is 0 Å². The van der Waals surface area contributed by atoms with Crippen LogP contribution < -0.4 is 5.32 Å². The third-order valence-corrected chi connectivity index (χ3v) is 2.13. The maximum atomic E-state index is 10.4. The summed E-state index contributed by atoms with van der Waals surface area (Å²) < 4.78 is 18.9. The minimum absolute atomic E-state index is 0.0766. The van der Waals surface area contributed by atoms with Gasteiger partial charge in [-0.2, -0.15) is 0 Å². The Hall–Kier alpha value is -0.870. The molecule has 0 spiro atoms. The lowest BCUT2D eigenvalue weighted by molar-refractivity contribution is 0.566. The van der Waals surface area contributed by atoms with Gasteiger partial charge >= 0.3 is 0 Å². The van der Waals surface area contributed by atoms with Crippen molar-refractivity contribution in [2.75, 3.05) is 11.2 Å². The van der Waals surface area contributed by atoms with Gasteiger partial charge in [-0.25, -0.2) is 4.21 Å². The van der Waals surface area contributed by atoms with Gasteiger partial charge in [-0.3, -0.25) is 0 Å². The Morgan fingerprint density at radius 2 is 2.31 bits per heavy atom. The highest BCUT2D eigenvalue weighted by Crippen LogP contribution is 2.10. The molecule has 1 aromatic rings. The first-order chi connectivity index (χ1) is 6.22. The number of aryl methyl sites for hydroxylation is 1. The van der Waals surface area contributed by atoms with E-state index in [1.165, 1.54) is 5.56 Å². The molecule has 0 fully saturated rings. The molecule has 0 aliphatic rings. The lowest BCUT2D eigenvalue weighted by atomic mass is 10.1. The van der Waals surface area contributed by atoms with Crippen LogP contribution >= 0.6 is 0 Å². The van der Waals surface area contributed by atoms with Crippen LogP contribution in [0.4, 0.5) is 5.69 Å². The van der Waals surface area contributed by atoms with Crippen LogP contribution in [0.15, 0.2) is 24.3 Å². The summed E-state index contributed by atoms with van der Waals surface area (Å²) in [6.07, 6.45) is 0.970. The topological polar surface area (TPSA) is 49.3 Å². The molecule has 1 rings (SSSR count). The van der Waals surface area contributed by atoms with Gasteiger partial charge in [-0.1, -0.05) is 19.1 Å². The van der Waals surface area contributed by atoms with Crippen LogP contribution in [0.2, 0.25) is 0 Å². The predicted molar refractivity (Wildman–Crippen MR) is 55.1 cm³/mol. The van der Waals surface area contributed by atoms with Gasteiger partial charge in [0.15, 0.2) is 11.1 Å². The molecule has 0 aliphatic carbocycles. The Morgan fingerprint density at radius 1 is 1.54 bits per heavy atom. The third kappa shape index (κ3) is 3.57. The van der Waals surface area contributed by atoms with Gasteiger partial charge in [0.25, 0.3) is 0 Å². The second kappa shape index (κ2) is 4.99. The van der Waals surface area contributed by atoms with Crippen molar-refractivity contribution >= 4 is 16.8 Å². The minimum atomic E-state index is -1.79. The summed E-state index contributed by atoms with van der Waals surface area (Å²) >= 11 is -1.79. The molecule has 0 heterocycles. The molecule has 2 N–H and O–H groups in total. The zero-order chi connectivity index (χ0) is 9.68. The molecule has 0 amide bonds. The quantitative estimate of drug-likeness (QED) is 0.727. The van der Waals surface area contributed by atoms with E-state index < -0.39 is 11.1 Å². The van der Waals surface area contributed by atoms with Crippen molar-refractivity contribution in [1.29, 1.82) is 0 Å². The van der Waals surface area contributed by atoms with Gasteiger partial charge in [0.2, 0.25) is 0 Å². The average Bonchev–Trinajstić information content (AvgIpc) is 2.15. The number of hydrogen-bond donors (Lipinski definition) is 2. The third-order valence-electron chi connectivity index (χ3n) is 1.73. The molecule has 0 aliphatic heterocycles. The second-order valence-corrected chi connectivity index (χ2v) is 3.63. The van der Waals surface area contributed by atoms with Crippen molar-refractivity contribution in [3.05, 3.63) is 29.8 Å². The van der Waals surface area contributed by atoms with Crippen LogP contribution in [0.5, 0.6) is 0 Å². The minimum Gasteiger partial charge on any atom is -0.372 e. The molecule has 0 bridgehead atoms. The van der Waals surface area contributed by atoms with Crippen molar-refractivity contribution in [2.45, 2.75) is 13.3 Å². The molecule has 0 saturated heterocycles. The fourth-order valence-electron chi connectivity index (χ4n) is 1.05. The van der Waals surface area contributed by atoms with Crippen molar-refractivity contribution < 1.29 is 8.76 Å². The van der Waals surface area contributed by atoms with Gasteiger partial charge in [-0.05, 0) is 24.1 Å². The Labute approximate surface area is 80.5 Å². The molecule has 1 unspecified atom stereocenters. The van der Waals surface area contributed by atoms with Gasteiger partial charge < -0.3 is 9.87 Å². The first kappa shape index (κ1) is 10.2. The number of rotatable bonds is 4. The molecular weight excluding hydrogens is 186 g/mol. The lowest BCUT2D eigenvalue weighted by Gasteiger charge is -2.04. The Bertz CT molecular complexity index is 301. The fourth-order valence-corrected chi connectivity index (χ4v) is 1.34. The van der Waals surface area contributed by atoms with Gasteiger partial charge in [-0.15, -0.1) is 0 Å². The normalized spacial score (nSPS) is 12.5. The molecule has 4 heteroatoms. The van der Waals surface area contributed by atoms with Crippen molar-refractivity contribution in [1.82, 2.24) is 0 Å². The number of anilines is 1. The number of benzene rings is 1. The van der Waals surface area contributed by atoms with E-state index in [-0.39, 0.29) is 5.88 Å². The zero-order valence-electron chi connectivity index (χ0n) is 7.49. The summed E-state index contributed by atoms with van der Waals surface area (Å²) in [5.41, 5.74) is 2.11. The molecule has 1 atom stereocenters. The fraction of sp³-hybridized carbons (Fsp3) is 0.333. The number of hydrogen-bond acceptors (Lipinski definition) is 2. The van der Waals surface area contributed by atoms with Crippen LogP contribution in [0.1, 0.15) is 12.5 Å². The van der Waals surface area contributed by atoms with Crippen LogP contribution in [0.3, 0.4) is 0 Å². The molecule has 13 heavy (non-hydrogen) atoms. The first-order valence-corrected chi connectivity index (χ1v) is 5.40. The monoisotopic (exact) mass is 199 g/mol. The van der Waals surface area contributed by atoms with Crippen LogP contribution in [-0.2, 0) is 17.5 Å². The number of nitrogens with one attached hydrogen (secondary N) is 1. The summed E-state index contributed by atoms with van der Waals surface area (Å²) in [5, 5.41) is 2.87. The summed E-state index contributed by atoms with van der Waals surface area (Å²) in [4.78, 5) is 0. The maximum Gasteiger partial charge on any atom is 0.172 e. The standard InChI is InChI=1S/C9H13NO2S/c1-2-8-4-3-5-9(6-8)10-7-13(11)12/h3-6,10H,2,7H2,1H3,(H,11,12). The summed E-state index contributed by atoms with van der Waals surface area (Å²) in [7, 11) is 0. The highest BCUT2D eigenvalue weighted by Gasteiger charge is 1.95. The van der Waals surface area contributed by atoms with Crippen molar-refractivity contribution in [2.24, 2.45) is 0 Å². The lowest BCUT2D eigenvalue weighted by Crippen LogP contribution is -2.06. The van der Waals surface area contributed by atoms with E-state index in [9.17, 15) is 4.21 Å². The Morgan fingerprint density at radius 3 is 2.92 bits per heavy atom. The maximum absolute atomic E-state index is 10.4. The largest absolute Gasteiger partial charge is 0.372 e. The van der Waals surface area contributed by atoms with E-state index in [0.717, 1.165) is 12.1 Å². The molecule has 0 saturated carbocycles. The van der Waals surface area contributed by atoms with Crippen LogP contribution in [0.25, 0.3) is 0 Å². The zero-order valence-corrected chi connectivity index (χ0v) is 8.30. The van der Waals surface area contributed by atoms with Crippen LogP contribution in [-0.4, -0.2) is 14.6 Å². The molecular formula is C9H13NO2S. The van der Waals surface area contributed by atoms with E-state index in [0.29, 0.717) is 0 Å². The average molecular weight is 199 g/mol. The second-order valence-electron chi connectivity index (χ2n) is 2.70. The van der Waals surface area contributed by atoms with Crippen molar-refractivity contribution in [3.63, 3.8) is 0 Å². The summed E-state index contributed by atoms with van der Waals surface area (Å²) in [5.74, 6) is 0.0766. The summed E-state index contributed by atoms with van der Waals surface area (Å²) in [6, 6.07) is 7.82. The Balaban J connectivity index is 2.61. The van der Waals surface area contributed by atoms with Gasteiger partial charge in [0, 0.05) is 5.69 Å². The van der Waals surface area contributed by atoms with Gasteiger partial charge in [0.05, 0.1) is 0 Å². The van der Waals surface area contributed by atoms with E-state index in [4.69, 9.17) is 4.55 Å². The predicted octanol–water partition coefficient (Wildman–Crippen LogP) is 1.84. The molecule has 3 nitrogen and oxygen atoms in total. The first-order valence-electron chi connectivity index (χ1n) is 4.12. The van der Waals surface area contributed by atoms with E-state index >= 15 is 0 Å². The van der Waals surface area contributed by atoms with Crippen LogP contribution in [0, 0.1) is 0 Å². The highest BCUT2D eigenvalue weighted by molar-refractivity contribution is 7.79. The summed E-state index contributed by atoms with van der Waals surface area (Å²) in [6.45, 7) is 2.07. The molecule has 1 aromatic carbocycles. The molecule has 72 valence electrons. The van der Waals surface area contributed by atoms with Gasteiger partial charge in [0.1, 0.15) is 5.88 Å². The molecule has 0 radical (unpaired) electrons. The van der Waals surface area contributed by atoms with E-state index in [2.05, 4.69) is 12.2 Å². The Kier molecular flexibility index (Phi) is 3.92. The molecule has 0 aromatic heterocycles. The SMILES string of the molecule is CCc1cccc(NCS(=O)O)c1. The smallest absolute Gasteiger partial charge is 0.172 e. The van der Waals surface area contributed by atoms with E-state index in [1.54, 1.807) is 0 Å². The highest BCUT2D eigenvalue weighted by atomic mass is 32.2.